The first-order chi connectivity index (χ1) is 7.24. The summed E-state index contributed by atoms with van der Waals surface area (Å²) in [6.07, 6.45) is 4.11. The highest BCUT2D eigenvalue weighted by atomic mass is 32.2. The lowest BCUT2D eigenvalue weighted by Gasteiger charge is -2.26. The standard InChI is InChI=1S/C12H24N2S/c1-4-9-14-12(5-2,11-13)8-7-10-15-6-3/h14H,4-10H2,1-3H3. The number of nitriles is 1. The molecule has 0 radical (unpaired) electrons. The Labute approximate surface area is 98.8 Å². The zero-order valence-electron chi connectivity index (χ0n) is 10.3. The molecule has 88 valence electrons. The maximum atomic E-state index is 9.24. The van der Waals surface area contributed by atoms with Crippen molar-refractivity contribution in [3.05, 3.63) is 0 Å². The van der Waals surface area contributed by atoms with Crippen LogP contribution in [-0.4, -0.2) is 23.6 Å². The van der Waals surface area contributed by atoms with E-state index < -0.39 is 0 Å². The Bertz CT molecular complexity index is 189. The molecule has 0 saturated carbocycles. The summed E-state index contributed by atoms with van der Waals surface area (Å²) in [5.41, 5.74) is -0.274. The third-order valence-electron chi connectivity index (χ3n) is 2.63. The van der Waals surface area contributed by atoms with Crippen LogP contribution in [0.1, 0.15) is 46.5 Å². The molecule has 1 unspecified atom stereocenters. The molecular formula is C12H24N2S. The first-order valence-corrected chi connectivity index (χ1v) is 7.14. The van der Waals surface area contributed by atoms with Crippen molar-refractivity contribution in [1.82, 2.24) is 5.32 Å². The molecule has 1 N–H and O–H groups in total. The highest BCUT2D eigenvalue weighted by Crippen LogP contribution is 2.18. The summed E-state index contributed by atoms with van der Waals surface area (Å²) in [6, 6.07) is 2.46. The predicted octanol–water partition coefficient (Wildman–Crippen LogP) is 3.19. The van der Waals surface area contributed by atoms with Crippen LogP contribution in [0.4, 0.5) is 0 Å². The Morgan fingerprint density at radius 2 is 2.07 bits per heavy atom. The molecule has 0 bridgehead atoms. The molecule has 0 heterocycles. The lowest BCUT2D eigenvalue weighted by Crippen LogP contribution is -2.43. The Morgan fingerprint density at radius 1 is 1.33 bits per heavy atom. The average molecular weight is 228 g/mol. The second-order valence-corrected chi connectivity index (χ2v) is 5.17. The molecule has 0 spiro atoms. The number of thioether (sulfide) groups is 1. The summed E-state index contributed by atoms with van der Waals surface area (Å²) >= 11 is 1.96. The molecule has 0 rings (SSSR count). The molecule has 0 amide bonds. The van der Waals surface area contributed by atoms with E-state index in [1.165, 1.54) is 11.5 Å². The summed E-state index contributed by atoms with van der Waals surface area (Å²) in [5.74, 6) is 2.35. The number of rotatable bonds is 9. The van der Waals surface area contributed by atoms with Crippen molar-refractivity contribution in [2.24, 2.45) is 0 Å². The van der Waals surface area contributed by atoms with Gasteiger partial charge in [-0.15, -0.1) is 0 Å². The van der Waals surface area contributed by atoms with E-state index in [0.29, 0.717) is 0 Å². The number of hydrogen-bond donors (Lipinski definition) is 1. The van der Waals surface area contributed by atoms with Crippen LogP contribution < -0.4 is 5.32 Å². The monoisotopic (exact) mass is 228 g/mol. The third-order valence-corrected chi connectivity index (χ3v) is 3.61. The van der Waals surface area contributed by atoms with Crippen LogP contribution in [0.2, 0.25) is 0 Å². The summed E-state index contributed by atoms with van der Waals surface area (Å²) in [4.78, 5) is 0. The van der Waals surface area contributed by atoms with E-state index in [1.807, 2.05) is 11.8 Å². The molecule has 0 aromatic carbocycles. The third kappa shape index (κ3) is 6.06. The molecule has 0 saturated heterocycles. The first kappa shape index (κ1) is 14.8. The first-order valence-electron chi connectivity index (χ1n) is 5.98. The van der Waals surface area contributed by atoms with Crippen molar-refractivity contribution >= 4 is 11.8 Å². The van der Waals surface area contributed by atoms with E-state index in [-0.39, 0.29) is 5.54 Å². The van der Waals surface area contributed by atoms with Crippen LogP contribution in [0.25, 0.3) is 0 Å². The lowest BCUT2D eigenvalue weighted by molar-refractivity contribution is 0.371. The fourth-order valence-electron chi connectivity index (χ4n) is 1.55. The van der Waals surface area contributed by atoms with Crippen LogP contribution in [-0.2, 0) is 0 Å². The topological polar surface area (TPSA) is 35.8 Å². The largest absolute Gasteiger partial charge is 0.299 e. The Kier molecular flexibility index (Phi) is 8.94. The van der Waals surface area contributed by atoms with E-state index in [9.17, 15) is 5.26 Å². The fourth-order valence-corrected chi connectivity index (χ4v) is 2.19. The quantitative estimate of drug-likeness (QED) is 0.616. The van der Waals surface area contributed by atoms with Crippen LogP contribution >= 0.6 is 11.8 Å². The molecule has 0 aliphatic heterocycles. The normalized spacial score (nSPS) is 14.5. The van der Waals surface area contributed by atoms with Crippen molar-refractivity contribution < 1.29 is 0 Å². The van der Waals surface area contributed by atoms with E-state index in [4.69, 9.17) is 0 Å². The Hall–Kier alpha value is -0.200. The zero-order chi connectivity index (χ0) is 11.6. The molecule has 15 heavy (non-hydrogen) atoms. The van der Waals surface area contributed by atoms with E-state index in [2.05, 4.69) is 32.2 Å². The van der Waals surface area contributed by atoms with E-state index >= 15 is 0 Å². The number of nitrogens with one attached hydrogen (secondary N) is 1. The van der Waals surface area contributed by atoms with Crippen molar-refractivity contribution in [2.45, 2.75) is 52.0 Å². The molecular weight excluding hydrogens is 204 g/mol. The van der Waals surface area contributed by atoms with E-state index in [1.54, 1.807) is 0 Å². The van der Waals surface area contributed by atoms with Crippen LogP contribution in [0.5, 0.6) is 0 Å². The molecule has 0 aromatic heterocycles. The summed E-state index contributed by atoms with van der Waals surface area (Å²) < 4.78 is 0. The van der Waals surface area contributed by atoms with Gasteiger partial charge in [0.2, 0.25) is 0 Å². The SMILES string of the molecule is CCCNC(C#N)(CC)CCCSCC. The van der Waals surface area contributed by atoms with Gasteiger partial charge in [0.15, 0.2) is 0 Å². The molecule has 0 fully saturated rings. The van der Waals surface area contributed by atoms with Gasteiger partial charge in [0.25, 0.3) is 0 Å². The van der Waals surface area contributed by atoms with Gasteiger partial charge in [-0.05, 0) is 43.7 Å². The van der Waals surface area contributed by atoms with E-state index in [0.717, 1.165) is 32.2 Å². The molecule has 0 aliphatic carbocycles. The smallest absolute Gasteiger partial charge is 0.106 e. The maximum absolute atomic E-state index is 9.24. The number of nitrogens with zero attached hydrogens (tertiary/aromatic N) is 1. The van der Waals surface area contributed by atoms with Crippen LogP contribution in [0.15, 0.2) is 0 Å². The van der Waals surface area contributed by atoms with Crippen molar-refractivity contribution in [2.75, 3.05) is 18.1 Å². The minimum absolute atomic E-state index is 0.274. The van der Waals surface area contributed by atoms with Gasteiger partial charge in [-0.2, -0.15) is 17.0 Å². The number of hydrogen-bond acceptors (Lipinski definition) is 3. The van der Waals surface area contributed by atoms with Gasteiger partial charge in [0.1, 0.15) is 5.54 Å². The van der Waals surface area contributed by atoms with Gasteiger partial charge in [-0.25, -0.2) is 0 Å². The van der Waals surface area contributed by atoms with Gasteiger partial charge in [0.05, 0.1) is 6.07 Å². The van der Waals surface area contributed by atoms with Crippen molar-refractivity contribution in [3.63, 3.8) is 0 Å². The van der Waals surface area contributed by atoms with Crippen molar-refractivity contribution in [3.8, 4) is 6.07 Å². The highest BCUT2D eigenvalue weighted by molar-refractivity contribution is 7.99. The Balaban J connectivity index is 3.96. The predicted molar refractivity (Wildman–Crippen MR) is 69.2 cm³/mol. The molecule has 0 aromatic rings. The summed E-state index contributed by atoms with van der Waals surface area (Å²) in [5, 5.41) is 12.6. The van der Waals surface area contributed by atoms with Crippen LogP contribution in [0.3, 0.4) is 0 Å². The van der Waals surface area contributed by atoms with Gasteiger partial charge < -0.3 is 0 Å². The van der Waals surface area contributed by atoms with Gasteiger partial charge >= 0.3 is 0 Å². The minimum atomic E-state index is -0.274. The molecule has 0 aliphatic rings. The van der Waals surface area contributed by atoms with Gasteiger partial charge in [0, 0.05) is 0 Å². The fraction of sp³-hybridized carbons (Fsp3) is 0.917. The van der Waals surface area contributed by atoms with Gasteiger partial charge in [-0.3, -0.25) is 5.32 Å². The average Bonchev–Trinajstić information content (AvgIpc) is 2.29. The lowest BCUT2D eigenvalue weighted by atomic mass is 9.92. The minimum Gasteiger partial charge on any atom is -0.299 e. The summed E-state index contributed by atoms with van der Waals surface area (Å²) in [6.45, 7) is 7.36. The van der Waals surface area contributed by atoms with Crippen molar-refractivity contribution in [1.29, 1.82) is 5.26 Å². The highest BCUT2D eigenvalue weighted by Gasteiger charge is 2.25. The molecule has 2 nitrogen and oxygen atoms in total. The molecule has 3 heteroatoms. The second kappa shape index (κ2) is 9.06. The summed E-state index contributed by atoms with van der Waals surface area (Å²) in [7, 11) is 0. The van der Waals surface area contributed by atoms with Gasteiger partial charge in [-0.1, -0.05) is 20.8 Å². The van der Waals surface area contributed by atoms with Crippen LogP contribution in [0, 0.1) is 11.3 Å². The zero-order valence-corrected chi connectivity index (χ0v) is 11.1. The molecule has 1 atom stereocenters. The maximum Gasteiger partial charge on any atom is 0.106 e. The second-order valence-electron chi connectivity index (χ2n) is 3.77. The Morgan fingerprint density at radius 3 is 2.53 bits per heavy atom.